The van der Waals surface area contributed by atoms with E-state index in [9.17, 15) is 4.39 Å². The van der Waals surface area contributed by atoms with Crippen LogP contribution in [0.5, 0.6) is 0 Å². The number of benzene rings is 1. The zero-order valence-corrected chi connectivity index (χ0v) is 13.3. The second-order valence-corrected chi connectivity index (χ2v) is 5.93. The summed E-state index contributed by atoms with van der Waals surface area (Å²) in [5.74, 6) is 0.754. The van der Waals surface area contributed by atoms with Crippen LogP contribution in [0, 0.1) is 5.82 Å². The van der Waals surface area contributed by atoms with Crippen molar-refractivity contribution in [2.24, 2.45) is 5.73 Å². The van der Waals surface area contributed by atoms with Gasteiger partial charge in [-0.05, 0) is 25.8 Å². The third-order valence-electron chi connectivity index (χ3n) is 3.22. The molecule has 106 valence electrons. The molecule has 0 spiro atoms. The Morgan fingerprint density at radius 3 is 2.74 bits per heavy atom. The second-order valence-electron chi connectivity index (χ2n) is 4.58. The van der Waals surface area contributed by atoms with Gasteiger partial charge >= 0.3 is 0 Å². The predicted molar refractivity (Wildman–Crippen MR) is 86.2 cm³/mol. The Labute approximate surface area is 124 Å². The van der Waals surface area contributed by atoms with E-state index in [2.05, 4.69) is 18.1 Å². The number of nitrogens with zero attached hydrogens (tertiary/aromatic N) is 1. The number of thiocarbonyl (C=S) groups is 1. The molecule has 1 atom stereocenters. The van der Waals surface area contributed by atoms with E-state index >= 15 is 0 Å². The molecular formula is C14H21FN2S2. The standard InChI is InChI=1S/C14H21FN2S2/c1-4-11(9-19-3)17(2)8-10-6-5-7-12(13(10)15)14(16)18/h5-7,11H,4,8-9H2,1-3H3,(H2,16,18). The summed E-state index contributed by atoms with van der Waals surface area (Å²) in [7, 11) is 2.03. The zero-order chi connectivity index (χ0) is 14.4. The van der Waals surface area contributed by atoms with Gasteiger partial charge in [0.05, 0.1) is 0 Å². The Kier molecular flexibility index (Phi) is 6.75. The molecule has 0 aliphatic heterocycles. The first-order valence-corrected chi connectivity index (χ1v) is 8.07. The molecule has 0 bridgehead atoms. The van der Waals surface area contributed by atoms with Crippen molar-refractivity contribution in [2.75, 3.05) is 19.1 Å². The molecule has 0 radical (unpaired) electrons. The fourth-order valence-electron chi connectivity index (χ4n) is 2.04. The van der Waals surface area contributed by atoms with E-state index in [0.717, 1.165) is 12.2 Å². The third-order valence-corrected chi connectivity index (χ3v) is 4.16. The van der Waals surface area contributed by atoms with Gasteiger partial charge in [0, 0.05) is 29.5 Å². The van der Waals surface area contributed by atoms with Gasteiger partial charge in [-0.2, -0.15) is 11.8 Å². The minimum absolute atomic E-state index is 0.109. The molecule has 0 aliphatic carbocycles. The Bertz CT molecular complexity index is 437. The average Bonchev–Trinajstić information content (AvgIpc) is 2.37. The summed E-state index contributed by atoms with van der Waals surface area (Å²) < 4.78 is 14.2. The summed E-state index contributed by atoms with van der Waals surface area (Å²) >= 11 is 6.67. The quantitative estimate of drug-likeness (QED) is 0.784. The molecule has 19 heavy (non-hydrogen) atoms. The largest absolute Gasteiger partial charge is 0.389 e. The van der Waals surface area contributed by atoms with E-state index in [0.29, 0.717) is 23.7 Å². The summed E-state index contributed by atoms with van der Waals surface area (Å²) in [5.41, 5.74) is 6.50. The number of thioether (sulfide) groups is 1. The molecule has 0 aliphatic rings. The monoisotopic (exact) mass is 300 g/mol. The van der Waals surface area contributed by atoms with Crippen molar-refractivity contribution in [1.29, 1.82) is 0 Å². The van der Waals surface area contributed by atoms with Crippen LogP contribution in [-0.2, 0) is 6.54 Å². The van der Waals surface area contributed by atoms with Crippen molar-refractivity contribution < 1.29 is 4.39 Å². The minimum Gasteiger partial charge on any atom is -0.389 e. The van der Waals surface area contributed by atoms with Crippen LogP contribution in [0.25, 0.3) is 0 Å². The van der Waals surface area contributed by atoms with E-state index in [4.69, 9.17) is 18.0 Å². The van der Waals surface area contributed by atoms with Crippen molar-refractivity contribution >= 4 is 29.0 Å². The lowest BCUT2D eigenvalue weighted by molar-refractivity contribution is 0.244. The van der Waals surface area contributed by atoms with Crippen LogP contribution in [0.1, 0.15) is 24.5 Å². The molecule has 0 saturated carbocycles. The van der Waals surface area contributed by atoms with E-state index in [1.54, 1.807) is 18.2 Å². The maximum absolute atomic E-state index is 14.2. The highest BCUT2D eigenvalue weighted by atomic mass is 32.2. The van der Waals surface area contributed by atoms with Gasteiger partial charge in [0.1, 0.15) is 10.8 Å². The summed E-state index contributed by atoms with van der Waals surface area (Å²) in [6.07, 6.45) is 3.14. The van der Waals surface area contributed by atoms with Crippen LogP contribution < -0.4 is 5.73 Å². The van der Waals surface area contributed by atoms with Crippen molar-refractivity contribution in [3.8, 4) is 0 Å². The predicted octanol–water partition coefficient (Wildman–Crippen LogP) is 3.03. The van der Waals surface area contributed by atoms with Crippen molar-refractivity contribution in [2.45, 2.75) is 25.9 Å². The average molecular weight is 300 g/mol. The van der Waals surface area contributed by atoms with Crippen molar-refractivity contribution in [3.63, 3.8) is 0 Å². The van der Waals surface area contributed by atoms with Gasteiger partial charge in [-0.15, -0.1) is 0 Å². The van der Waals surface area contributed by atoms with Gasteiger partial charge in [0.25, 0.3) is 0 Å². The topological polar surface area (TPSA) is 29.3 Å². The normalized spacial score (nSPS) is 12.7. The summed E-state index contributed by atoms with van der Waals surface area (Å²) in [4.78, 5) is 2.29. The maximum atomic E-state index is 14.2. The Balaban J connectivity index is 2.87. The smallest absolute Gasteiger partial charge is 0.137 e. The first kappa shape index (κ1) is 16.4. The fraction of sp³-hybridized carbons (Fsp3) is 0.500. The molecule has 0 fully saturated rings. The number of halogens is 1. The summed E-state index contributed by atoms with van der Waals surface area (Å²) in [5, 5.41) is 0. The summed E-state index contributed by atoms with van der Waals surface area (Å²) in [6.45, 7) is 2.72. The minimum atomic E-state index is -0.291. The number of hydrogen-bond acceptors (Lipinski definition) is 3. The van der Waals surface area contributed by atoms with Crippen LogP contribution in [0.15, 0.2) is 18.2 Å². The van der Waals surface area contributed by atoms with Crippen LogP contribution in [0.2, 0.25) is 0 Å². The number of rotatable bonds is 7. The summed E-state index contributed by atoms with van der Waals surface area (Å²) in [6, 6.07) is 5.67. The molecule has 1 rings (SSSR count). The van der Waals surface area contributed by atoms with E-state index < -0.39 is 0 Å². The Morgan fingerprint density at radius 1 is 1.53 bits per heavy atom. The highest BCUT2D eigenvalue weighted by molar-refractivity contribution is 7.98. The molecular weight excluding hydrogens is 279 g/mol. The fourth-order valence-corrected chi connectivity index (χ4v) is 3.07. The van der Waals surface area contributed by atoms with Crippen LogP contribution >= 0.6 is 24.0 Å². The number of hydrogen-bond donors (Lipinski definition) is 1. The van der Waals surface area contributed by atoms with Crippen molar-refractivity contribution in [1.82, 2.24) is 4.90 Å². The van der Waals surface area contributed by atoms with Gasteiger partial charge in [0.15, 0.2) is 0 Å². The first-order valence-electron chi connectivity index (χ1n) is 6.27. The van der Waals surface area contributed by atoms with Gasteiger partial charge in [0.2, 0.25) is 0 Å². The lowest BCUT2D eigenvalue weighted by atomic mass is 10.1. The molecule has 2 N–H and O–H groups in total. The molecule has 1 aromatic carbocycles. The van der Waals surface area contributed by atoms with Gasteiger partial charge in [-0.25, -0.2) is 4.39 Å². The lowest BCUT2D eigenvalue weighted by Crippen LogP contribution is -2.33. The zero-order valence-electron chi connectivity index (χ0n) is 11.6. The molecule has 0 aromatic heterocycles. The molecule has 1 aromatic rings. The Hall–Kier alpha value is -0.650. The van der Waals surface area contributed by atoms with E-state index in [1.807, 2.05) is 18.8 Å². The maximum Gasteiger partial charge on any atom is 0.137 e. The highest BCUT2D eigenvalue weighted by Gasteiger charge is 2.16. The lowest BCUT2D eigenvalue weighted by Gasteiger charge is -2.27. The van der Waals surface area contributed by atoms with Gasteiger partial charge < -0.3 is 5.73 Å². The second kappa shape index (κ2) is 7.82. The number of nitrogens with two attached hydrogens (primary N) is 1. The van der Waals surface area contributed by atoms with E-state index in [1.165, 1.54) is 0 Å². The van der Waals surface area contributed by atoms with Gasteiger partial charge in [-0.3, -0.25) is 4.90 Å². The van der Waals surface area contributed by atoms with Crippen LogP contribution in [-0.4, -0.2) is 35.0 Å². The Morgan fingerprint density at radius 2 is 2.21 bits per heavy atom. The van der Waals surface area contributed by atoms with Gasteiger partial charge in [-0.1, -0.05) is 31.3 Å². The van der Waals surface area contributed by atoms with Crippen LogP contribution in [0.4, 0.5) is 4.39 Å². The van der Waals surface area contributed by atoms with E-state index in [-0.39, 0.29) is 10.8 Å². The third kappa shape index (κ3) is 4.44. The first-order chi connectivity index (χ1) is 9.01. The molecule has 2 nitrogen and oxygen atoms in total. The SMILES string of the molecule is CCC(CSC)N(C)Cc1cccc(C(N)=S)c1F. The highest BCUT2D eigenvalue weighted by Crippen LogP contribution is 2.17. The molecule has 0 saturated heterocycles. The van der Waals surface area contributed by atoms with Crippen molar-refractivity contribution in [3.05, 3.63) is 35.1 Å². The molecule has 0 amide bonds. The molecule has 0 heterocycles. The molecule has 5 heteroatoms. The van der Waals surface area contributed by atoms with Crippen LogP contribution in [0.3, 0.4) is 0 Å². The molecule has 1 unspecified atom stereocenters.